The highest BCUT2D eigenvalue weighted by Crippen LogP contribution is 2.29. The average molecular weight is 437 g/mol. The molecule has 0 atom stereocenters. The third-order valence-corrected chi connectivity index (χ3v) is 4.49. The minimum Gasteiger partial charge on any atom is -0.494 e. The summed E-state index contributed by atoms with van der Waals surface area (Å²) in [4.78, 5) is 8.56. The predicted molar refractivity (Wildman–Crippen MR) is 125 cm³/mol. The molecule has 0 radical (unpaired) electrons. The number of guanidine groups is 1. The normalized spacial score (nSPS) is 10.9. The third kappa shape index (κ3) is 6.28. The van der Waals surface area contributed by atoms with Gasteiger partial charge in [0.15, 0.2) is 17.5 Å². The van der Waals surface area contributed by atoms with Crippen molar-refractivity contribution in [2.75, 3.05) is 33.2 Å². The van der Waals surface area contributed by atoms with Crippen LogP contribution in [-0.4, -0.2) is 38.8 Å². The minimum absolute atomic E-state index is 0.510. The van der Waals surface area contributed by atoms with Gasteiger partial charge in [0.25, 0.3) is 0 Å². The predicted octanol–water partition coefficient (Wildman–Crippen LogP) is 4.48. The van der Waals surface area contributed by atoms with Crippen molar-refractivity contribution in [3.63, 3.8) is 0 Å². The number of pyridine rings is 1. The Kier molecular flexibility index (Phi) is 8.14. The second kappa shape index (κ2) is 11.5. The zero-order valence-corrected chi connectivity index (χ0v) is 18.7. The maximum atomic E-state index is 5.86. The SMILES string of the molecule is CCOc1ccc(Oc2cc(CNC(=NC)Nc3ccc(OC)c(OC)c3)ccn2)cc1. The van der Waals surface area contributed by atoms with E-state index in [4.69, 9.17) is 18.9 Å². The van der Waals surface area contributed by atoms with Gasteiger partial charge >= 0.3 is 0 Å². The molecule has 2 aromatic carbocycles. The number of nitrogens with zero attached hydrogens (tertiary/aromatic N) is 2. The highest BCUT2D eigenvalue weighted by molar-refractivity contribution is 5.93. The number of aliphatic imine (C=N–C) groups is 1. The molecule has 1 heterocycles. The van der Waals surface area contributed by atoms with Crippen LogP contribution in [0.15, 0.2) is 65.8 Å². The summed E-state index contributed by atoms with van der Waals surface area (Å²) in [6.45, 7) is 3.11. The number of aromatic nitrogens is 1. The molecule has 3 rings (SSSR count). The molecular formula is C24H28N4O4. The summed E-state index contributed by atoms with van der Waals surface area (Å²) in [5, 5.41) is 6.52. The standard InChI is InChI=1S/C24H28N4O4/c1-5-31-19-7-9-20(10-8-19)32-23-14-17(12-13-26-23)16-27-24(25-2)28-18-6-11-21(29-3)22(15-18)30-4/h6-15H,5,16H2,1-4H3,(H2,25,27,28). The Bertz CT molecular complexity index is 1040. The molecule has 0 amide bonds. The summed E-state index contributed by atoms with van der Waals surface area (Å²) in [5.41, 5.74) is 1.82. The molecule has 0 saturated heterocycles. The van der Waals surface area contributed by atoms with Crippen LogP contribution in [0.1, 0.15) is 12.5 Å². The largest absolute Gasteiger partial charge is 0.494 e. The number of ether oxygens (including phenoxy) is 4. The van der Waals surface area contributed by atoms with Crippen molar-refractivity contribution in [1.29, 1.82) is 0 Å². The molecule has 0 bridgehead atoms. The van der Waals surface area contributed by atoms with Crippen LogP contribution < -0.4 is 29.6 Å². The van der Waals surface area contributed by atoms with Crippen LogP contribution in [0.5, 0.6) is 28.9 Å². The van der Waals surface area contributed by atoms with E-state index >= 15 is 0 Å². The fraction of sp³-hybridized carbons (Fsp3) is 0.250. The molecule has 0 fully saturated rings. The Hall–Kier alpha value is -3.94. The number of hydrogen-bond acceptors (Lipinski definition) is 6. The number of methoxy groups -OCH3 is 2. The van der Waals surface area contributed by atoms with E-state index in [9.17, 15) is 0 Å². The molecule has 0 aliphatic rings. The Labute approximate surface area is 188 Å². The van der Waals surface area contributed by atoms with Crippen LogP contribution in [0.4, 0.5) is 5.69 Å². The molecule has 8 heteroatoms. The van der Waals surface area contributed by atoms with Crippen molar-refractivity contribution in [2.24, 2.45) is 4.99 Å². The molecule has 1 aromatic heterocycles. The quantitative estimate of drug-likeness (QED) is 0.378. The van der Waals surface area contributed by atoms with Gasteiger partial charge in [-0.2, -0.15) is 0 Å². The Morgan fingerprint density at radius 3 is 2.38 bits per heavy atom. The molecule has 0 aliphatic heterocycles. The highest BCUT2D eigenvalue weighted by atomic mass is 16.5. The summed E-state index contributed by atoms with van der Waals surface area (Å²) < 4.78 is 21.9. The molecule has 0 unspecified atom stereocenters. The second-order valence-corrected chi connectivity index (χ2v) is 6.63. The Morgan fingerprint density at radius 2 is 1.69 bits per heavy atom. The summed E-state index contributed by atoms with van der Waals surface area (Å²) in [6.07, 6.45) is 1.71. The van der Waals surface area contributed by atoms with Crippen molar-refractivity contribution >= 4 is 11.6 Å². The Morgan fingerprint density at radius 1 is 0.938 bits per heavy atom. The first-order chi connectivity index (χ1) is 15.6. The zero-order valence-electron chi connectivity index (χ0n) is 18.7. The Balaban J connectivity index is 1.60. The fourth-order valence-electron chi connectivity index (χ4n) is 2.92. The van der Waals surface area contributed by atoms with Gasteiger partial charge in [-0.15, -0.1) is 0 Å². The number of anilines is 1. The lowest BCUT2D eigenvalue weighted by Gasteiger charge is -2.14. The fourth-order valence-corrected chi connectivity index (χ4v) is 2.92. The average Bonchev–Trinajstić information content (AvgIpc) is 2.83. The van der Waals surface area contributed by atoms with Gasteiger partial charge in [-0.05, 0) is 55.0 Å². The first-order valence-corrected chi connectivity index (χ1v) is 10.2. The van der Waals surface area contributed by atoms with Crippen molar-refractivity contribution in [2.45, 2.75) is 13.5 Å². The van der Waals surface area contributed by atoms with Gasteiger partial charge in [0.05, 0.1) is 20.8 Å². The smallest absolute Gasteiger partial charge is 0.219 e. The zero-order chi connectivity index (χ0) is 22.8. The highest BCUT2D eigenvalue weighted by Gasteiger charge is 2.07. The summed E-state index contributed by atoms with van der Waals surface area (Å²) in [7, 11) is 4.92. The summed E-state index contributed by atoms with van der Waals surface area (Å²) >= 11 is 0. The van der Waals surface area contributed by atoms with E-state index in [1.165, 1.54) is 0 Å². The summed E-state index contributed by atoms with van der Waals surface area (Å²) in [6, 6.07) is 16.8. The van der Waals surface area contributed by atoms with E-state index in [-0.39, 0.29) is 0 Å². The molecule has 0 aliphatic carbocycles. The summed E-state index contributed by atoms with van der Waals surface area (Å²) in [5.74, 6) is 3.92. The van der Waals surface area contributed by atoms with Gasteiger partial charge in [0.2, 0.25) is 5.88 Å². The van der Waals surface area contributed by atoms with E-state index in [2.05, 4.69) is 20.6 Å². The molecule has 0 saturated carbocycles. The topological polar surface area (TPSA) is 86.2 Å². The molecule has 2 N–H and O–H groups in total. The first kappa shape index (κ1) is 22.7. The van der Waals surface area contributed by atoms with Crippen LogP contribution in [0.3, 0.4) is 0 Å². The number of nitrogens with one attached hydrogen (secondary N) is 2. The number of hydrogen-bond donors (Lipinski definition) is 2. The van der Waals surface area contributed by atoms with Gasteiger partial charge in [-0.3, -0.25) is 4.99 Å². The lowest BCUT2D eigenvalue weighted by atomic mass is 10.2. The van der Waals surface area contributed by atoms with Crippen LogP contribution in [0.25, 0.3) is 0 Å². The van der Waals surface area contributed by atoms with Crippen molar-refractivity contribution in [1.82, 2.24) is 10.3 Å². The van der Waals surface area contributed by atoms with Crippen LogP contribution in [0, 0.1) is 0 Å². The van der Waals surface area contributed by atoms with Crippen molar-refractivity contribution in [3.8, 4) is 28.9 Å². The van der Waals surface area contributed by atoms with Crippen LogP contribution in [-0.2, 0) is 6.54 Å². The molecule has 8 nitrogen and oxygen atoms in total. The van der Waals surface area contributed by atoms with E-state index in [0.29, 0.717) is 42.2 Å². The van der Waals surface area contributed by atoms with Crippen molar-refractivity contribution in [3.05, 3.63) is 66.4 Å². The van der Waals surface area contributed by atoms with Crippen molar-refractivity contribution < 1.29 is 18.9 Å². The molecular weight excluding hydrogens is 408 g/mol. The second-order valence-electron chi connectivity index (χ2n) is 6.63. The van der Waals surface area contributed by atoms with Gasteiger partial charge < -0.3 is 29.6 Å². The molecule has 0 spiro atoms. The van der Waals surface area contributed by atoms with Gasteiger partial charge in [0, 0.05) is 37.6 Å². The molecule has 32 heavy (non-hydrogen) atoms. The van der Waals surface area contributed by atoms with Gasteiger partial charge in [-0.25, -0.2) is 4.98 Å². The molecule has 3 aromatic rings. The van der Waals surface area contributed by atoms with Crippen LogP contribution >= 0.6 is 0 Å². The lowest BCUT2D eigenvalue weighted by molar-refractivity contribution is 0.339. The minimum atomic E-state index is 0.510. The van der Waals surface area contributed by atoms with E-state index in [1.54, 1.807) is 27.5 Å². The van der Waals surface area contributed by atoms with Crippen LogP contribution in [0.2, 0.25) is 0 Å². The lowest BCUT2D eigenvalue weighted by Crippen LogP contribution is -2.30. The van der Waals surface area contributed by atoms with E-state index in [0.717, 1.165) is 17.0 Å². The van der Waals surface area contributed by atoms with E-state index < -0.39 is 0 Å². The molecule has 168 valence electrons. The maximum Gasteiger partial charge on any atom is 0.219 e. The maximum absolute atomic E-state index is 5.86. The van der Waals surface area contributed by atoms with Gasteiger partial charge in [-0.1, -0.05) is 0 Å². The number of benzene rings is 2. The van der Waals surface area contributed by atoms with E-state index in [1.807, 2.05) is 61.5 Å². The number of rotatable bonds is 9. The monoisotopic (exact) mass is 436 g/mol. The van der Waals surface area contributed by atoms with Gasteiger partial charge in [0.1, 0.15) is 11.5 Å². The first-order valence-electron chi connectivity index (χ1n) is 10.2. The third-order valence-electron chi connectivity index (χ3n) is 4.49.